The van der Waals surface area contributed by atoms with Gasteiger partial charge < -0.3 is 30.7 Å². The zero-order chi connectivity index (χ0) is 28.0. The number of piperidine rings is 1. The maximum atomic E-state index is 13.5. The molecule has 1 aromatic heterocycles. The molecular formula is C28H39N7O5. The van der Waals surface area contributed by atoms with E-state index in [1.807, 2.05) is 24.3 Å². The number of likely N-dealkylation sites (tertiary alicyclic amines) is 1. The van der Waals surface area contributed by atoms with Crippen LogP contribution in [-0.2, 0) is 45.1 Å². The van der Waals surface area contributed by atoms with E-state index in [9.17, 15) is 19.5 Å². The molecule has 3 aliphatic rings. The number of aromatic nitrogens is 3. The SMILES string of the molecule is O=C1CC2(CCN(C3CCOCC3)CC2)NC(=O)Cc2ccccc2CNC(=O)[C@@H](Cc2cn(CCO)nn2)N1. The number of nitrogens with zero attached hydrogens (tertiary/aromatic N) is 4. The molecule has 2 fully saturated rings. The van der Waals surface area contributed by atoms with E-state index >= 15 is 0 Å². The third kappa shape index (κ3) is 7.04. The number of ether oxygens (including phenoxy) is 1. The minimum absolute atomic E-state index is 0.0807. The van der Waals surface area contributed by atoms with Gasteiger partial charge in [0, 0.05) is 57.9 Å². The number of aliphatic hydroxyl groups excluding tert-OH is 1. The maximum Gasteiger partial charge on any atom is 0.243 e. The Balaban J connectivity index is 1.37. The summed E-state index contributed by atoms with van der Waals surface area (Å²) in [7, 11) is 0. The first-order chi connectivity index (χ1) is 19.4. The molecule has 4 heterocycles. The van der Waals surface area contributed by atoms with Crippen LogP contribution in [0.2, 0.25) is 0 Å². The lowest BCUT2D eigenvalue weighted by Crippen LogP contribution is -2.59. The van der Waals surface area contributed by atoms with Crippen LogP contribution in [0.4, 0.5) is 0 Å². The fourth-order valence-corrected chi connectivity index (χ4v) is 6.05. The van der Waals surface area contributed by atoms with Crippen LogP contribution in [-0.4, -0.2) is 93.3 Å². The molecule has 0 aliphatic carbocycles. The molecule has 0 bridgehead atoms. The highest BCUT2D eigenvalue weighted by Crippen LogP contribution is 2.30. The largest absolute Gasteiger partial charge is 0.394 e. The molecule has 1 spiro atoms. The summed E-state index contributed by atoms with van der Waals surface area (Å²) < 4.78 is 7.03. The lowest BCUT2D eigenvalue weighted by Gasteiger charge is -2.45. The van der Waals surface area contributed by atoms with Crippen LogP contribution in [0.3, 0.4) is 0 Å². The van der Waals surface area contributed by atoms with Crippen LogP contribution in [0.1, 0.15) is 48.9 Å². The minimum Gasteiger partial charge on any atom is -0.394 e. The highest BCUT2D eigenvalue weighted by Gasteiger charge is 2.40. The van der Waals surface area contributed by atoms with Gasteiger partial charge in [0.25, 0.3) is 0 Å². The Bertz CT molecular complexity index is 1190. The Kier molecular flexibility index (Phi) is 9.08. The van der Waals surface area contributed by atoms with E-state index in [1.54, 1.807) is 6.20 Å². The molecule has 4 N–H and O–H groups in total. The summed E-state index contributed by atoms with van der Waals surface area (Å²) in [5.74, 6) is -0.747. The second-order valence-electron chi connectivity index (χ2n) is 11.1. The lowest BCUT2D eigenvalue weighted by atomic mass is 9.82. The Morgan fingerprint density at radius 2 is 1.80 bits per heavy atom. The predicted molar refractivity (Wildman–Crippen MR) is 145 cm³/mol. The van der Waals surface area contributed by atoms with Gasteiger partial charge in [-0.15, -0.1) is 5.10 Å². The van der Waals surface area contributed by atoms with Gasteiger partial charge in [-0.2, -0.15) is 0 Å². The van der Waals surface area contributed by atoms with Crippen molar-refractivity contribution in [1.29, 1.82) is 0 Å². The van der Waals surface area contributed by atoms with E-state index in [-0.39, 0.29) is 50.1 Å². The van der Waals surface area contributed by atoms with Crippen molar-refractivity contribution in [2.75, 3.05) is 32.9 Å². The van der Waals surface area contributed by atoms with Crippen molar-refractivity contribution < 1.29 is 24.2 Å². The number of carbonyl (C=O) groups excluding carboxylic acids is 3. The number of rotatable bonds is 5. The van der Waals surface area contributed by atoms with Crippen molar-refractivity contribution in [2.24, 2.45) is 0 Å². The average Bonchev–Trinajstić information content (AvgIpc) is 3.39. The second-order valence-corrected chi connectivity index (χ2v) is 11.1. The average molecular weight is 554 g/mol. The van der Waals surface area contributed by atoms with Crippen LogP contribution in [0, 0.1) is 0 Å². The molecule has 216 valence electrons. The van der Waals surface area contributed by atoms with Crippen molar-refractivity contribution in [2.45, 2.75) is 75.7 Å². The Morgan fingerprint density at radius 3 is 2.55 bits per heavy atom. The lowest BCUT2D eigenvalue weighted by molar-refractivity contribution is -0.131. The molecular weight excluding hydrogens is 514 g/mol. The molecule has 3 aliphatic heterocycles. The highest BCUT2D eigenvalue weighted by atomic mass is 16.5. The number of nitrogens with one attached hydrogen (secondary N) is 3. The first-order valence-electron chi connectivity index (χ1n) is 14.2. The smallest absolute Gasteiger partial charge is 0.243 e. The molecule has 40 heavy (non-hydrogen) atoms. The summed E-state index contributed by atoms with van der Waals surface area (Å²) in [6, 6.07) is 7.17. The monoisotopic (exact) mass is 553 g/mol. The number of aliphatic hydroxyl groups is 1. The molecule has 5 rings (SSSR count). The Labute approximate surface area is 233 Å². The molecule has 12 heteroatoms. The van der Waals surface area contributed by atoms with Gasteiger partial charge in [-0.1, -0.05) is 29.5 Å². The summed E-state index contributed by atoms with van der Waals surface area (Å²) >= 11 is 0. The van der Waals surface area contributed by atoms with E-state index in [1.165, 1.54) is 4.68 Å². The molecule has 1 aromatic carbocycles. The number of hydrogen-bond donors (Lipinski definition) is 4. The fourth-order valence-electron chi connectivity index (χ4n) is 6.05. The molecule has 0 unspecified atom stereocenters. The molecule has 2 saturated heterocycles. The molecule has 0 radical (unpaired) electrons. The molecule has 1 atom stereocenters. The van der Waals surface area contributed by atoms with Crippen molar-refractivity contribution >= 4 is 17.7 Å². The summed E-state index contributed by atoms with van der Waals surface area (Å²) in [5.41, 5.74) is 1.54. The fraction of sp³-hybridized carbons (Fsp3) is 0.607. The zero-order valence-corrected chi connectivity index (χ0v) is 22.8. The summed E-state index contributed by atoms with van der Waals surface area (Å²) in [4.78, 5) is 42.6. The third-order valence-electron chi connectivity index (χ3n) is 8.27. The van der Waals surface area contributed by atoms with Gasteiger partial charge in [0.05, 0.1) is 30.8 Å². The first-order valence-corrected chi connectivity index (χ1v) is 14.2. The molecule has 2 aromatic rings. The number of hydrogen-bond acceptors (Lipinski definition) is 8. The quantitative estimate of drug-likeness (QED) is 0.394. The topological polar surface area (TPSA) is 151 Å². The van der Waals surface area contributed by atoms with E-state index < -0.39 is 11.6 Å². The zero-order valence-electron chi connectivity index (χ0n) is 22.8. The summed E-state index contributed by atoms with van der Waals surface area (Å²) in [6.07, 6.45) is 5.38. The van der Waals surface area contributed by atoms with Crippen LogP contribution in [0.15, 0.2) is 30.5 Å². The van der Waals surface area contributed by atoms with E-state index in [0.717, 1.165) is 50.3 Å². The first kappa shape index (κ1) is 28.2. The Hall–Kier alpha value is -3.35. The van der Waals surface area contributed by atoms with Gasteiger partial charge in [0.1, 0.15) is 6.04 Å². The van der Waals surface area contributed by atoms with Crippen molar-refractivity contribution in [1.82, 2.24) is 35.8 Å². The molecule has 3 amide bonds. The van der Waals surface area contributed by atoms with Crippen LogP contribution >= 0.6 is 0 Å². The van der Waals surface area contributed by atoms with Gasteiger partial charge in [-0.05, 0) is 36.8 Å². The van der Waals surface area contributed by atoms with Crippen LogP contribution < -0.4 is 16.0 Å². The van der Waals surface area contributed by atoms with E-state index in [0.29, 0.717) is 31.1 Å². The van der Waals surface area contributed by atoms with E-state index in [4.69, 9.17) is 4.74 Å². The summed E-state index contributed by atoms with van der Waals surface area (Å²) in [5, 5.41) is 26.4. The number of amides is 3. The van der Waals surface area contributed by atoms with Gasteiger partial charge in [0.2, 0.25) is 17.7 Å². The molecule has 0 saturated carbocycles. The third-order valence-corrected chi connectivity index (χ3v) is 8.27. The number of carbonyl (C=O) groups is 3. The van der Waals surface area contributed by atoms with Crippen LogP contribution in [0.5, 0.6) is 0 Å². The number of benzene rings is 1. The van der Waals surface area contributed by atoms with Crippen LogP contribution in [0.25, 0.3) is 0 Å². The van der Waals surface area contributed by atoms with Crippen molar-refractivity contribution in [3.05, 3.63) is 47.3 Å². The maximum absolute atomic E-state index is 13.5. The van der Waals surface area contributed by atoms with Gasteiger partial charge in [0.15, 0.2) is 0 Å². The minimum atomic E-state index is -0.866. The normalized spacial score (nSPS) is 23.2. The van der Waals surface area contributed by atoms with Gasteiger partial charge in [-0.3, -0.25) is 14.4 Å². The molecule has 12 nitrogen and oxygen atoms in total. The Morgan fingerprint density at radius 1 is 1.05 bits per heavy atom. The second kappa shape index (κ2) is 12.9. The number of fused-ring (bicyclic) bond motifs is 1. The van der Waals surface area contributed by atoms with Crippen molar-refractivity contribution in [3.63, 3.8) is 0 Å². The van der Waals surface area contributed by atoms with Gasteiger partial charge in [-0.25, -0.2) is 4.68 Å². The predicted octanol–water partition coefficient (Wildman–Crippen LogP) is -0.310. The van der Waals surface area contributed by atoms with Gasteiger partial charge >= 0.3 is 0 Å². The highest BCUT2D eigenvalue weighted by molar-refractivity contribution is 5.89. The summed E-state index contributed by atoms with van der Waals surface area (Å²) in [6.45, 7) is 3.54. The van der Waals surface area contributed by atoms with E-state index in [2.05, 4.69) is 31.2 Å². The standard InChI is InChI=1S/C28H39N7O5/c36-12-11-35-19-22(32-33-35)16-24-27(39)29-18-21-4-2-1-3-20(21)15-25(37)31-28(17-26(38)30-24)7-9-34(10-8-28)23-5-13-40-14-6-23/h1-4,19,23-24,36H,5-18H2,(H,29,39)(H,30,38)(H,31,37)/t24-/m1/s1. The van der Waals surface area contributed by atoms with Crippen molar-refractivity contribution in [3.8, 4) is 0 Å².